The van der Waals surface area contributed by atoms with Crippen molar-refractivity contribution in [1.82, 2.24) is 20.2 Å². The van der Waals surface area contributed by atoms with Gasteiger partial charge in [0.15, 0.2) is 5.96 Å². The molecule has 1 amide bonds. The number of likely N-dealkylation sites (N-methyl/N-ethyl adjacent to an activating group) is 1. The van der Waals surface area contributed by atoms with Crippen LogP contribution in [-0.4, -0.2) is 60.1 Å². The van der Waals surface area contributed by atoms with Crippen LogP contribution in [0.4, 0.5) is 15.1 Å². The van der Waals surface area contributed by atoms with Crippen molar-refractivity contribution in [1.29, 1.82) is 5.41 Å². The zero-order valence-corrected chi connectivity index (χ0v) is 16.2. The van der Waals surface area contributed by atoms with Crippen molar-refractivity contribution in [2.45, 2.75) is 13.0 Å². The Morgan fingerprint density at radius 1 is 1.28 bits per heavy atom. The number of rotatable bonds is 4. The number of hydrogen-bond donors (Lipinski definition) is 3. The van der Waals surface area contributed by atoms with Gasteiger partial charge in [-0.25, -0.2) is 19.2 Å². The molecule has 0 saturated carbocycles. The second-order valence-corrected chi connectivity index (χ2v) is 6.81. The van der Waals surface area contributed by atoms with Gasteiger partial charge < -0.3 is 20.3 Å². The lowest BCUT2D eigenvalue weighted by Crippen LogP contribution is -2.36. The van der Waals surface area contributed by atoms with Gasteiger partial charge in [0, 0.05) is 48.7 Å². The molecule has 0 aliphatic carbocycles. The summed E-state index contributed by atoms with van der Waals surface area (Å²) in [4.78, 5) is 24.7. The topological polar surface area (TPSA) is 120 Å². The van der Waals surface area contributed by atoms with Crippen molar-refractivity contribution in [2.75, 3.05) is 38.1 Å². The van der Waals surface area contributed by atoms with Crippen LogP contribution in [0.25, 0.3) is 11.1 Å². The van der Waals surface area contributed by atoms with Gasteiger partial charge in [-0.05, 0) is 20.0 Å². The van der Waals surface area contributed by atoms with Crippen molar-refractivity contribution in [3.05, 3.63) is 42.0 Å². The van der Waals surface area contributed by atoms with Gasteiger partial charge in [0.2, 0.25) is 5.95 Å². The Kier molecular flexibility index (Phi) is 6.55. The second-order valence-electron chi connectivity index (χ2n) is 6.81. The van der Waals surface area contributed by atoms with Crippen LogP contribution in [0.3, 0.4) is 0 Å². The Balaban J connectivity index is 1.72. The summed E-state index contributed by atoms with van der Waals surface area (Å²) in [5, 5.41) is 8.95. The van der Waals surface area contributed by atoms with Gasteiger partial charge in [0.25, 0.3) is 0 Å². The van der Waals surface area contributed by atoms with Gasteiger partial charge in [0.05, 0.1) is 0 Å². The summed E-state index contributed by atoms with van der Waals surface area (Å²) >= 11 is 0. The van der Waals surface area contributed by atoms with Crippen LogP contribution in [0.15, 0.2) is 30.6 Å². The smallest absolute Gasteiger partial charge is 0.414 e. The van der Waals surface area contributed by atoms with Gasteiger partial charge in [0.1, 0.15) is 12.4 Å². The molecule has 154 valence electrons. The number of aromatic nitrogens is 2. The van der Waals surface area contributed by atoms with Crippen molar-refractivity contribution in [3.63, 3.8) is 0 Å². The van der Waals surface area contributed by atoms with Gasteiger partial charge in [-0.3, -0.25) is 10.7 Å². The van der Waals surface area contributed by atoms with Crippen molar-refractivity contribution < 1.29 is 13.9 Å². The van der Waals surface area contributed by atoms with Crippen LogP contribution in [0.2, 0.25) is 0 Å². The number of hydrogen-bond acceptors (Lipinski definition) is 7. The van der Waals surface area contributed by atoms with E-state index in [1.807, 2.05) is 5.32 Å². The molecule has 1 aliphatic rings. The van der Waals surface area contributed by atoms with Crippen LogP contribution in [0.1, 0.15) is 12.0 Å². The fourth-order valence-electron chi connectivity index (χ4n) is 3.07. The van der Waals surface area contributed by atoms with E-state index in [9.17, 15) is 9.18 Å². The van der Waals surface area contributed by atoms with E-state index in [1.54, 1.807) is 24.5 Å². The molecular weight excluding hydrogens is 377 g/mol. The summed E-state index contributed by atoms with van der Waals surface area (Å²) in [5.74, 6) is -0.432. The van der Waals surface area contributed by atoms with Gasteiger partial charge in [-0.15, -0.1) is 0 Å². The number of nitrogens with zero attached hydrogens (tertiary/aromatic N) is 4. The fraction of sp³-hybridized carbons (Fsp3) is 0.368. The molecule has 0 atom stereocenters. The molecule has 0 spiro atoms. The molecule has 29 heavy (non-hydrogen) atoms. The van der Waals surface area contributed by atoms with E-state index >= 15 is 0 Å². The molecule has 0 unspecified atom stereocenters. The highest BCUT2D eigenvalue weighted by atomic mass is 19.1. The van der Waals surface area contributed by atoms with Crippen molar-refractivity contribution in [2.24, 2.45) is 5.73 Å². The molecule has 1 aromatic carbocycles. The summed E-state index contributed by atoms with van der Waals surface area (Å²) in [6.07, 6.45) is 3.32. The van der Waals surface area contributed by atoms with Crippen LogP contribution in [0.5, 0.6) is 0 Å². The Labute approximate surface area is 168 Å². The molecular formula is C19H24FN7O2. The normalized spacial score (nSPS) is 14.9. The molecule has 0 radical (unpaired) electrons. The number of guanidine groups is 1. The van der Waals surface area contributed by atoms with E-state index in [-0.39, 0.29) is 12.2 Å². The van der Waals surface area contributed by atoms with E-state index in [4.69, 9.17) is 15.9 Å². The largest absolute Gasteiger partial charge is 0.444 e. The number of anilines is 1. The maximum Gasteiger partial charge on any atom is 0.414 e. The first-order chi connectivity index (χ1) is 13.9. The van der Waals surface area contributed by atoms with Crippen LogP contribution >= 0.6 is 0 Å². The number of nitrogens with two attached hydrogens (primary N) is 1. The monoisotopic (exact) mass is 401 g/mol. The van der Waals surface area contributed by atoms with E-state index in [0.717, 1.165) is 32.6 Å². The number of ether oxygens (including phenoxy) is 1. The zero-order chi connectivity index (χ0) is 20.8. The molecule has 1 saturated heterocycles. The third-order valence-electron chi connectivity index (χ3n) is 4.63. The number of nitrogens with one attached hydrogen (secondary N) is 2. The molecule has 3 rings (SSSR count). The Morgan fingerprint density at radius 2 is 2.03 bits per heavy atom. The molecule has 9 nitrogen and oxygen atoms in total. The lowest BCUT2D eigenvalue weighted by Gasteiger charge is -2.20. The molecule has 1 aromatic heterocycles. The van der Waals surface area contributed by atoms with Crippen LogP contribution in [-0.2, 0) is 11.3 Å². The summed E-state index contributed by atoms with van der Waals surface area (Å²) in [6, 6.07) is 4.80. The number of carbonyl (C=O) groups excluding carboxylic acids is 1. The number of amides is 1. The fourth-order valence-corrected chi connectivity index (χ4v) is 3.07. The number of halogens is 1. The highest BCUT2D eigenvalue weighted by molar-refractivity contribution is 5.90. The molecule has 0 bridgehead atoms. The molecule has 4 N–H and O–H groups in total. The number of carbonyl (C=O) groups is 1. The molecule has 2 aromatic rings. The van der Waals surface area contributed by atoms with E-state index in [1.165, 1.54) is 6.07 Å². The van der Waals surface area contributed by atoms with Crippen LogP contribution < -0.4 is 16.0 Å². The standard InChI is InChI=1S/C19H24FN7O2/c1-26-6-3-7-27(9-8-26)18-23-10-14(11-24-18)15-5-2-4-13(16(15)20)12-29-19(28)25-17(21)22/h2,4-5,10-11H,3,6-9,12H2,1H3,(H4,21,22,25,28). The second kappa shape index (κ2) is 9.28. The van der Waals surface area contributed by atoms with E-state index in [0.29, 0.717) is 17.1 Å². The van der Waals surface area contributed by atoms with Gasteiger partial charge in [-0.1, -0.05) is 18.2 Å². The van der Waals surface area contributed by atoms with E-state index in [2.05, 4.69) is 26.8 Å². The SMILES string of the molecule is CN1CCCN(c2ncc(-c3cccc(COC(=O)NC(=N)N)c3F)cn2)CC1. The Bertz CT molecular complexity index is 875. The molecule has 10 heteroatoms. The van der Waals surface area contributed by atoms with Gasteiger partial charge in [-0.2, -0.15) is 0 Å². The van der Waals surface area contributed by atoms with E-state index < -0.39 is 17.9 Å². The first-order valence-electron chi connectivity index (χ1n) is 9.25. The molecule has 2 heterocycles. The van der Waals surface area contributed by atoms with Crippen LogP contribution in [0, 0.1) is 11.2 Å². The lowest BCUT2D eigenvalue weighted by atomic mass is 10.1. The third-order valence-corrected chi connectivity index (χ3v) is 4.63. The summed E-state index contributed by atoms with van der Waals surface area (Å²) < 4.78 is 19.7. The first-order valence-corrected chi connectivity index (χ1v) is 9.25. The summed E-state index contributed by atoms with van der Waals surface area (Å²) in [7, 11) is 2.09. The number of alkyl carbamates (subject to hydrolysis) is 1. The minimum absolute atomic E-state index is 0.195. The quantitative estimate of drug-likeness (QED) is 0.525. The maximum absolute atomic E-state index is 14.9. The predicted octanol–water partition coefficient (Wildman–Crippen LogP) is 1.54. The third kappa shape index (κ3) is 5.38. The minimum atomic E-state index is -0.918. The highest BCUT2D eigenvalue weighted by Crippen LogP contribution is 2.25. The van der Waals surface area contributed by atoms with Crippen molar-refractivity contribution in [3.8, 4) is 11.1 Å². The minimum Gasteiger partial charge on any atom is -0.444 e. The highest BCUT2D eigenvalue weighted by Gasteiger charge is 2.16. The Morgan fingerprint density at radius 3 is 2.76 bits per heavy atom. The lowest BCUT2D eigenvalue weighted by molar-refractivity contribution is 0.143. The zero-order valence-electron chi connectivity index (χ0n) is 16.2. The first kappa shape index (κ1) is 20.5. The summed E-state index contributed by atoms with van der Waals surface area (Å²) in [5.41, 5.74) is 6.10. The average molecular weight is 401 g/mol. The maximum atomic E-state index is 14.9. The van der Waals surface area contributed by atoms with Gasteiger partial charge >= 0.3 is 6.09 Å². The molecule has 1 aliphatic heterocycles. The average Bonchev–Trinajstić information content (AvgIpc) is 2.91. The van der Waals surface area contributed by atoms with Crippen molar-refractivity contribution >= 4 is 18.0 Å². The summed E-state index contributed by atoms with van der Waals surface area (Å²) in [6.45, 7) is 3.42. The molecule has 1 fully saturated rings. The number of benzene rings is 1. The Hall–Kier alpha value is -3.27. The predicted molar refractivity (Wildman–Crippen MR) is 107 cm³/mol.